The maximum absolute atomic E-state index is 9.94. The molecule has 8 heteroatoms. The topological polar surface area (TPSA) is 106 Å². The summed E-state index contributed by atoms with van der Waals surface area (Å²) < 4.78 is 17.8. The van der Waals surface area contributed by atoms with Crippen LogP contribution in [-0.4, -0.2) is 16.8 Å². The van der Waals surface area contributed by atoms with E-state index in [1.54, 1.807) is 0 Å². The molecule has 0 bridgehead atoms. The summed E-state index contributed by atoms with van der Waals surface area (Å²) in [5.41, 5.74) is 9.62. The maximum Gasteiger partial charge on any atom is 0.244 e. The molecule has 3 N–H and O–H groups in total. The highest BCUT2D eigenvalue weighted by Gasteiger charge is 2.37. The van der Waals surface area contributed by atoms with Crippen molar-refractivity contribution < 1.29 is 14.2 Å². The lowest BCUT2D eigenvalue weighted by atomic mass is 9.83. The molecule has 7 nitrogen and oxygen atoms in total. The lowest BCUT2D eigenvalue weighted by Gasteiger charge is -2.26. The Morgan fingerprint density at radius 1 is 1.19 bits per heavy atom. The van der Waals surface area contributed by atoms with E-state index < -0.39 is 5.92 Å². The molecule has 0 spiro atoms. The van der Waals surface area contributed by atoms with E-state index in [4.69, 9.17) is 31.5 Å². The number of nitrogens with one attached hydrogen (secondary N) is 1. The van der Waals surface area contributed by atoms with Crippen molar-refractivity contribution in [3.63, 3.8) is 0 Å². The van der Waals surface area contributed by atoms with Crippen molar-refractivity contribution in [2.75, 3.05) is 6.61 Å². The Morgan fingerprint density at radius 3 is 2.72 bits per heavy atom. The molecule has 1 aliphatic heterocycles. The van der Waals surface area contributed by atoms with Crippen LogP contribution in [0.25, 0.3) is 0 Å². The number of rotatable bonds is 7. The first-order valence-electron chi connectivity index (χ1n) is 10.4. The van der Waals surface area contributed by atoms with Crippen molar-refractivity contribution in [2.24, 2.45) is 5.73 Å². The number of aryl methyl sites for hydroxylation is 1. The molecule has 0 radical (unpaired) electrons. The molecule has 0 saturated carbocycles. The van der Waals surface area contributed by atoms with E-state index in [9.17, 15) is 5.26 Å². The summed E-state index contributed by atoms with van der Waals surface area (Å²) in [7, 11) is 0. The van der Waals surface area contributed by atoms with Crippen LogP contribution in [0.4, 0.5) is 0 Å². The molecule has 2 aromatic carbocycles. The van der Waals surface area contributed by atoms with Gasteiger partial charge < -0.3 is 19.9 Å². The summed E-state index contributed by atoms with van der Waals surface area (Å²) in [6.07, 6.45) is 0.682. The number of para-hydroxylation sites is 1. The van der Waals surface area contributed by atoms with Gasteiger partial charge in [0.2, 0.25) is 11.8 Å². The van der Waals surface area contributed by atoms with Gasteiger partial charge in [0, 0.05) is 21.8 Å². The smallest absolute Gasteiger partial charge is 0.244 e. The van der Waals surface area contributed by atoms with Crippen LogP contribution in [0.1, 0.15) is 42.1 Å². The molecule has 0 aliphatic carbocycles. The van der Waals surface area contributed by atoms with Gasteiger partial charge in [-0.2, -0.15) is 5.26 Å². The average Bonchev–Trinajstić information content (AvgIpc) is 3.20. The Hall–Kier alpha value is -3.63. The molecule has 0 fully saturated rings. The summed E-state index contributed by atoms with van der Waals surface area (Å²) in [4.78, 5) is 0. The molecule has 0 amide bonds. The zero-order chi connectivity index (χ0) is 22.7. The Labute approximate surface area is 191 Å². The van der Waals surface area contributed by atoms with Gasteiger partial charge in [0.1, 0.15) is 18.2 Å². The monoisotopic (exact) mass is 450 g/mol. The highest BCUT2D eigenvalue weighted by atomic mass is 35.5. The molecule has 0 saturated heterocycles. The van der Waals surface area contributed by atoms with Gasteiger partial charge in [-0.3, -0.25) is 5.10 Å². The van der Waals surface area contributed by atoms with Gasteiger partial charge >= 0.3 is 0 Å². The number of H-pyrrole nitrogens is 1. The van der Waals surface area contributed by atoms with Crippen molar-refractivity contribution in [1.82, 2.24) is 10.2 Å². The second-order valence-electron chi connectivity index (χ2n) is 7.19. The van der Waals surface area contributed by atoms with E-state index in [1.807, 2.05) is 56.3 Å². The third-order valence-corrected chi connectivity index (χ3v) is 5.69. The molecular weight excluding hydrogens is 428 g/mol. The zero-order valence-corrected chi connectivity index (χ0v) is 18.6. The average molecular weight is 451 g/mol. The number of hydrogen-bond acceptors (Lipinski definition) is 6. The van der Waals surface area contributed by atoms with E-state index in [0.717, 1.165) is 22.4 Å². The van der Waals surface area contributed by atoms with Gasteiger partial charge in [0.05, 0.1) is 18.1 Å². The first-order valence-corrected chi connectivity index (χ1v) is 10.7. The molecule has 4 rings (SSSR count). The molecule has 2 heterocycles. The van der Waals surface area contributed by atoms with Gasteiger partial charge in [-0.25, -0.2) is 0 Å². The number of halogens is 1. The maximum atomic E-state index is 9.94. The Kier molecular flexibility index (Phi) is 6.24. The molecule has 3 aromatic rings. The number of fused-ring (bicyclic) bond motifs is 1. The molecule has 1 atom stereocenters. The molecule has 1 unspecified atom stereocenters. The highest BCUT2D eigenvalue weighted by molar-refractivity contribution is 6.31. The number of nitriles is 1. The number of aromatic nitrogens is 2. The van der Waals surface area contributed by atoms with Gasteiger partial charge in [0.15, 0.2) is 11.5 Å². The predicted octanol–water partition coefficient (Wildman–Crippen LogP) is 4.82. The fourth-order valence-electron chi connectivity index (χ4n) is 3.84. The lowest BCUT2D eigenvalue weighted by molar-refractivity contribution is 0.266. The van der Waals surface area contributed by atoms with E-state index in [-0.39, 0.29) is 12.5 Å². The number of ether oxygens (including phenoxy) is 3. The Balaban J connectivity index is 1.86. The number of nitrogens with zero attached hydrogens (tertiary/aromatic N) is 2. The number of aromatic amines is 1. The normalized spacial score (nSPS) is 15.0. The third kappa shape index (κ3) is 3.85. The minimum absolute atomic E-state index is 0.0259. The summed E-state index contributed by atoms with van der Waals surface area (Å²) in [5.74, 6) is 0.970. The van der Waals surface area contributed by atoms with Gasteiger partial charge in [0.25, 0.3) is 0 Å². The number of allylic oxidation sites excluding steroid dienone is 1. The fraction of sp³-hybridized carbons (Fsp3) is 0.250. The zero-order valence-electron chi connectivity index (χ0n) is 17.8. The minimum Gasteiger partial charge on any atom is -0.490 e. The fourth-order valence-corrected chi connectivity index (χ4v) is 4.03. The first kappa shape index (κ1) is 21.6. The van der Waals surface area contributed by atoms with Crippen LogP contribution in [0.5, 0.6) is 17.4 Å². The molecule has 164 valence electrons. The van der Waals surface area contributed by atoms with Crippen LogP contribution in [-0.2, 0) is 13.0 Å². The van der Waals surface area contributed by atoms with Crippen LogP contribution < -0.4 is 19.9 Å². The van der Waals surface area contributed by atoms with Crippen LogP contribution in [0.3, 0.4) is 0 Å². The Morgan fingerprint density at radius 2 is 2.00 bits per heavy atom. The van der Waals surface area contributed by atoms with Crippen molar-refractivity contribution in [2.45, 2.75) is 32.8 Å². The second kappa shape index (κ2) is 9.25. The van der Waals surface area contributed by atoms with E-state index in [1.165, 1.54) is 0 Å². The predicted molar refractivity (Wildman–Crippen MR) is 121 cm³/mol. The molecular formula is C24H23ClN4O3. The summed E-state index contributed by atoms with van der Waals surface area (Å²) in [5, 5.41) is 17.8. The van der Waals surface area contributed by atoms with Gasteiger partial charge in [-0.15, -0.1) is 5.10 Å². The highest BCUT2D eigenvalue weighted by Crippen LogP contribution is 2.48. The van der Waals surface area contributed by atoms with Crippen LogP contribution in [0.15, 0.2) is 53.9 Å². The largest absolute Gasteiger partial charge is 0.490 e. The van der Waals surface area contributed by atoms with Crippen LogP contribution in [0.2, 0.25) is 5.02 Å². The van der Waals surface area contributed by atoms with Crippen molar-refractivity contribution >= 4 is 11.6 Å². The number of nitrogens with two attached hydrogens (primary N) is 1. The SMILES string of the molecule is CCOc1cccc(C2C(C#N)=C(N)Oc3n[nH]c(CC)c32)c1OCc1ccccc1Cl. The number of benzene rings is 2. The summed E-state index contributed by atoms with van der Waals surface area (Å²) in [6, 6.07) is 15.3. The standard InChI is InChI=1S/C24H23ClN4O3/c1-3-18-21-20(16(12-26)23(27)32-24(21)29-28-18)15-9-7-11-19(30-4-2)22(15)31-13-14-8-5-6-10-17(14)25/h5-11,20H,3-4,13,27H2,1-2H3,(H,28,29). The molecule has 32 heavy (non-hydrogen) atoms. The first-order chi connectivity index (χ1) is 15.6. The van der Waals surface area contributed by atoms with Crippen molar-refractivity contribution in [1.29, 1.82) is 5.26 Å². The van der Waals surface area contributed by atoms with Crippen LogP contribution >= 0.6 is 11.6 Å². The second-order valence-corrected chi connectivity index (χ2v) is 7.59. The van der Waals surface area contributed by atoms with Gasteiger partial charge in [-0.05, 0) is 25.5 Å². The van der Waals surface area contributed by atoms with Gasteiger partial charge in [-0.1, -0.05) is 48.9 Å². The van der Waals surface area contributed by atoms with E-state index in [2.05, 4.69) is 16.3 Å². The van der Waals surface area contributed by atoms with E-state index in [0.29, 0.717) is 41.0 Å². The third-order valence-electron chi connectivity index (χ3n) is 5.32. The van der Waals surface area contributed by atoms with Crippen molar-refractivity contribution in [3.05, 3.63) is 81.3 Å². The lowest BCUT2D eigenvalue weighted by Crippen LogP contribution is -2.22. The Bertz CT molecular complexity index is 1210. The van der Waals surface area contributed by atoms with E-state index >= 15 is 0 Å². The molecule has 1 aromatic heterocycles. The molecule has 1 aliphatic rings. The quantitative estimate of drug-likeness (QED) is 0.534. The summed E-state index contributed by atoms with van der Waals surface area (Å²) in [6.45, 7) is 4.60. The summed E-state index contributed by atoms with van der Waals surface area (Å²) >= 11 is 6.33. The van der Waals surface area contributed by atoms with Crippen molar-refractivity contribution in [3.8, 4) is 23.4 Å². The van der Waals surface area contributed by atoms with Crippen LogP contribution in [0, 0.1) is 11.3 Å². The number of hydrogen-bond donors (Lipinski definition) is 2. The minimum atomic E-state index is -0.515.